The van der Waals surface area contributed by atoms with Crippen LogP contribution in [0.2, 0.25) is 5.02 Å². The smallest absolute Gasteiger partial charge is 0.124 e. The van der Waals surface area contributed by atoms with Crippen molar-refractivity contribution in [2.75, 3.05) is 0 Å². The molecule has 96 valence electrons. The number of fused-ring (bicyclic) bond motifs is 1. The summed E-state index contributed by atoms with van der Waals surface area (Å²) >= 11 is 6.31. The second-order valence-corrected chi connectivity index (χ2v) is 5.66. The molecule has 1 aromatic carbocycles. The van der Waals surface area contributed by atoms with E-state index in [1.54, 1.807) is 0 Å². The van der Waals surface area contributed by atoms with E-state index in [0.29, 0.717) is 12.1 Å². The molecule has 1 aliphatic rings. The van der Waals surface area contributed by atoms with Gasteiger partial charge in [-0.3, -0.25) is 0 Å². The van der Waals surface area contributed by atoms with Gasteiger partial charge in [0.05, 0.1) is 22.6 Å². The Balaban J connectivity index is 2.05. The lowest BCUT2D eigenvalue weighted by atomic mass is 10.3. The molecular weight excluding hydrogens is 246 g/mol. The van der Waals surface area contributed by atoms with E-state index in [-0.39, 0.29) is 0 Å². The normalized spacial score (nSPS) is 15.8. The molecule has 2 aromatic rings. The molecule has 0 radical (unpaired) electrons. The van der Waals surface area contributed by atoms with E-state index >= 15 is 0 Å². The second-order valence-electron chi connectivity index (χ2n) is 5.25. The number of aromatic nitrogens is 2. The fourth-order valence-electron chi connectivity index (χ4n) is 2.36. The summed E-state index contributed by atoms with van der Waals surface area (Å²) in [4.78, 5) is 4.71. The van der Waals surface area contributed by atoms with E-state index in [0.717, 1.165) is 28.4 Å². The quantitative estimate of drug-likeness (QED) is 0.915. The zero-order valence-corrected chi connectivity index (χ0v) is 11.5. The Bertz CT molecular complexity index is 570. The first-order valence-corrected chi connectivity index (χ1v) is 6.93. The van der Waals surface area contributed by atoms with E-state index < -0.39 is 0 Å². The maximum absolute atomic E-state index is 6.31. The third kappa shape index (κ3) is 2.13. The molecule has 1 heterocycles. The number of rotatable bonds is 4. The maximum atomic E-state index is 6.31. The van der Waals surface area contributed by atoms with Crippen LogP contribution in [0.1, 0.15) is 38.6 Å². The molecule has 3 rings (SSSR count). The minimum atomic E-state index is 0.367. The number of para-hydroxylation sites is 1. The number of hydrogen-bond acceptors (Lipinski definition) is 2. The van der Waals surface area contributed by atoms with Crippen LogP contribution in [0.15, 0.2) is 18.2 Å². The minimum absolute atomic E-state index is 0.367. The number of benzene rings is 1. The highest BCUT2D eigenvalue weighted by atomic mass is 35.5. The summed E-state index contributed by atoms with van der Waals surface area (Å²) in [5, 5.41) is 4.31. The van der Waals surface area contributed by atoms with Crippen molar-refractivity contribution in [2.24, 2.45) is 0 Å². The van der Waals surface area contributed by atoms with Crippen LogP contribution in [0, 0.1) is 0 Å². The lowest BCUT2D eigenvalue weighted by molar-refractivity contribution is 0.553. The molecule has 0 spiro atoms. The summed E-state index contributed by atoms with van der Waals surface area (Å²) in [5.74, 6) is 1.08. The molecule has 0 saturated heterocycles. The summed E-state index contributed by atoms with van der Waals surface area (Å²) in [6, 6.07) is 6.98. The number of imidazole rings is 1. The molecule has 0 unspecified atom stereocenters. The van der Waals surface area contributed by atoms with E-state index in [2.05, 4.69) is 23.7 Å². The molecular formula is C14H18ClN3. The van der Waals surface area contributed by atoms with Gasteiger partial charge in [-0.25, -0.2) is 4.98 Å². The van der Waals surface area contributed by atoms with Gasteiger partial charge in [0.1, 0.15) is 5.82 Å². The molecule has 0 bridgehead atoms. The van der Waals surface area contributed by atoms with Crippen molar-refractivity contribution in [3.63, 3.8) is 0 Å². The van der Waals surface area contributed by atoms with Gasteiger partial charge >= 0.3 is 0 Å². The standard InChI is InChI=1S/C14H18ClN3/c1-9(2)18-13(8-16-10-6-7-10)17-12-5-3-4-11(15)14(12)18/h3-5,9-10,16H,6-8H2,1-2H3. The van der Waals surface area contributed by atoms with Gasteiger partial charge in [-0.1, -0.05) is 17.7 Å². The fourth-order valence-corrected chi connectivity index (χ4v) is 2.62. The second kappa shape index (κ2) is 4.56. The molecule has 1 aliphatic carbocycles. The van der Waals surface area contributed by atoms with Crippen molar-refractivity contribution in [1.29, 1.82) is 0 Å². The Hall–Kier alpha value is -1.06. The van der Waals surface area contributed by atoms with Crippen molar-refractivity contribution in [1.82, 2.24) is 14.9 Å². The van der Waals surface area contributed by atoms with Gasteiger partial charge in [-0.15, -0.1) is 0 Å². The van der Waals surface area contributed by atoms with Gasteiger partial charge in [-0.05, 0) is 38.8 Å². The zero-order chi connectivity index (χ0) is 12.7. The molecule has 0 aliphatic heterocycles. The predicted octanol–water partition coefficient (Wildman–Crippen LogP) is 3.52. The van der Waals surface area contributed by atoms with E-state index in [9.17, 15) is 0 Å². The molecule has 4 heteroatoms. The zero-order valence-electron chi connectivity index (χ0n) is 10.8. The van der Waals surface area contributed by atoms with Crippen molar-refractivity contribution in [2.45, 2.75) is 45.3 Å². The van der Waals surface area contributed by atoms with Gasteiger partial charge in [0.15, 0.2) is 0 Å². The predicted molar refractivity (Wildman–Crippen MR) is 75.0 cm³/mol. The van der Waals surface area contributed by atoms with Crippen molar-refractivity contribution >= 4 is 22.6 Å². The minimum Gasteiger partial charge on any atom is -0.323 e. The van der Waals surface area contributed by atoms with Crippen LogP contribution in [0.4, 0.5) is 0 Å². The molecule has 1 N–H and O–H groups in total. The highest BCUT2D eigenvalue weighted by Gasteiger charge is 2.22. The average molecular weight is 264 g/mol. The Kier molecular flexibility index (Phi) is 3.04. The van der Waals surface area contributed by atoms with Crippen LogP contribution < -0.4 is 5.32 Å². The summed E-state index contributed by atoms with van der Waals surface area (Å²) in [6.07, 6.45) is 2.59. The van der Waals surface area contributed by atoms with Gasteiger partial charge in [0, 0.05) is 12.1 Å². The number of nitrogens with one attached hydrogen (secondary N) is 1. The number of hydrogen-bond donors (Lipinski definition) is 1. The number of nitrogens with zero attached hydrogens (tertiary/aromatic N) is 2. The maximum Gasteiger partial charge on any atom is 0.124 e. The van der Waals surface area contributed by atoms with E-state index in [4.69, 9.17) is 16.6 Å². The third-order valence-corrected chi connectivity index (χ3v) is 3.68. The van der Waals surface area contributed by atoms with Crippen LogP contribution in [0.3, 0.4) is 0 Å². The molecule has 1 aromatic heterocycles. The first-order chi connectivity index (χ1) is 8.66. The lowest BCUT2D eigenvalue weighted by Crippen LogP contribution is -2.19. The SMILES string of the molecule is CC(C)n1c(CNC2CC2)nc2cccc(Cl)c21. The molecule has 0 atom stereocenters. The molecule has 1 saturated carbocycles. The monoisotopic (exact) mass is 263 g/mol. The van der Waals surface area contributed by atoms with Crippen LogP contribution >= 0.6 is 11.6 Å². The summed E-state index contributed by atoms with van der Waals surface area (Å²) in [7, 11) is 0. The Morgan fingerprint density at radius 3 is 2.89 bits per heavy atom. The van der Waals surface area contributed by atoms with Crippen LogP contribution in [-0.4, -0.2) is 15.6 Å². The van der Waals surface area contributed by atoms with Crippen molar-refractivity contribution < 1.29 is 0 Å². The molecule has 0 amide bonds. The summed E-state index contributed by atoms with van der Waals surface area (Å²) in [6.45, 7) is 5.17. The molecule has 1 fully saturated rings. The third-order valence-electron chi connectivity index (χ3n) is 3.38. The fraction of sp³-hybridized carbons (Fsp3) is 0.500. The topological polar surface area (TPSA) is 29.9 Å². The van der Waals surface area contributed by atoms with Crippen LogP contribution in [0.25, 0.3) is 11.0 Å². The van der Waals surface area contributed by atoms with Crippen molar-refractivity contribution in [3.05, 3.63) is 29.0 Å². The Labute approximate surface area is 112 Å². The van der Waals surface area contributed by atoms with Gasteiger partial charge in [0.25, 0.3) is 0 Å². The molecule has 18 heavy (non-hydrogen) atoms. The first kappa shape index (κ1) is 12.0. The highest BCUT2D eigenvalue weighted by molar-refractivity contribution is 6.35. The summed E-state index contributed by atoms with van der Waals surface area (Å²) in [5.41, 5.74) is 2.05. The summed E-state index contributed by atoms with van der Waals surface area (Å²) < 4.78 is 2.24. The van der Waals surface area contributed by atoms with E-state index in [1.807, 2.05) is 18.2 Å². The van der Waals surface area contributed by atoms with Crippen LogP contribution in [0.5, 0.6) is 0 Å². The first-order valence-electron chi connectivity index (χ1n) is 6.55. The van der Waals surface area contributed by atoms with Crippen LogP contribution in [-0.2, 0) is 6.54 Å². The van der Waals surface area contributed by atoms with Gasteiger partial charge in [-0.2, -0.15) is 0 Å². The van der Waals surface area contributed by atoms with Gasteiger partial charge in [0.2, 0.25) is 0 Å². The van der Waals surface area contributed by atoms with E-state index in [1.165, 1.54) is 12.8 Å². The highest BCUT2D eigenvalue weighted by Crippen LogP contribution is 2.28. The van der Waals surface area contributed by atoms with Crippen molar-refractivity contribution in [3.8, 4) is 0 Å². The van der Waals surface area contributed by atoms with Gasteiger partial charge < -0.3 is 9.88 Å². The number of halogens is 1. The lowest BCUT2D eigenvalue weighted by Gasteiger charge is -2.14. The Morgan fingerprint density at radius 2 is 2.22 bits per heavy atom. The molecule has 3 nitrogen and oxygen atoms in total. The average Bonchev–Trinajstić information content (AvgIpc) is 3.06. The Morgan fingerprint density at radius 1 is 1.44 bits per heavy atom. The largest absolute Gasteiger partial charge is 0.323 e.